The smallest absolute Gasteiger partial charge is 0.178 e. The number of benzene rings is 2. The molecule has 0 spiro atoms. The van der Waals surface area contributed by atoms with Crippen LogP contribution < -0.4 is 15.5 Å². The van der Waals surface area contributed by atoms with E-state index in [0.717, 1.165) is 43.4 Å². The Balaban J connectivity index is 1.71. The van der Waals surface area contributed by atoms with Gasteiger partial charge in [-0.25, -0.2) is 0 Å². The van der Waals surface area contributed by atoms with Crippen LogP contribution in [0.4, 0.5) is 17.1 Å². The van der Waals surface area contributed by atoms with Gasteiger partial charge in [0.15, 0.2) is 10.9 Å². The Bertz CT molecular complexity index is 1270. The van der Waals surface area contributed by atoms with Gasteiger partial charge in [0.1, 0.15) is 6.04 Å². The highest BCUT2D eigenvalue weighted by molar-refractivity contribution is 9.11. The lowest BCUT2D eigenvalue weighted by molar-refractivity contribution is -0.118. The summed E-state index contributed by atoms with van der Waals surface area (Å²) in [6, 6.07) is 21.8. The summed E-state index contributed by atoms with van der Waals surface area (Å²) in [5.41, 5.74) is 4.50. The Morgan fingerprint density at radius 3 is 2.55 bits per heavy atom. The molecule has 0 saturated carbocycles. The molecule has 0 radical (unpaired) electrons. The lowest BCUT2D eigenvalue weighted by Crippen LogP contribution is -2.41. The molecular formula is C26H24BrN3OS2. The van der Waals surface area contributed by atoms with Crippen molar-refractivity contribution in [2.75, 3.05) is 15.5 Å². The van der Waals surface area contributed by atoms with Crippen molar-refractivity contribution in [2.45, 2.75) is 32.7 Å². The zero-order valence-corrected chi connectivity index (χ0v) is 21.6. The molecule has 168 valence electrons. The lowest BCUT2D eigenvalue weighted by Gasteiger charge is -2.37. The Labute approximate surface area is 211 Å². The highest BCUT2D eigenvalue weighted by Crippen LogP contribution is 2.49. The van der Waals surface area contributed by atoms with Crippen LogP contribution in [0.15, 0.2) is 81.8 Å². The van der Waals surface area contributed by atoms with E-state index in [9.17, 15) is 4.79 Å². The first kappa shape index (κ1) is 22.3. The van der Waals surface area contributed by atoms with E-state index in [-0.39, 0.29) is 17.2 Å². The summed E-state index contributed by atoms with van der Waals surface area (Å²) in [4.78, 5) is 16.8. The SMILES string of the molecule is CC1(C)CC(=O)C2=C(C1)Nc1ccccc1N(C(=S)Nc1ccccc1)[C@H]2c1ccc(Br)s1. The van der Waals surface area contributed by atoms with Crippen LogP contribution in [0.3, 0.4) is 0 Å². The number of carbonyl (C=O) groups is 1. The molecule has 1 aliphatic carbocycles. The summed E-state index contributed by atoms with van der Waals surface area (Å²) in [7, 11) is 0. The number of hydrogen-bond donors (Lipinski definition) is 2. The minimum absolute atomic E-state index is 0.101. The fraction of sp³-hybridized carbons (Fsp3) is 0.231. The predicted octanol–water partition coefficient (Wildman–Crippen LogP) is 7.52. The number of para-hydroxylation sites is 3. The molecule has 1 aromatic heterocycles. The molecule has 2 aromatic carbocycles. The number of Topliss-reactive ketones (excluding diaryl/α,β-unsaturated/α-hetero) is 1. The maximum atomic E-state index is 13.7. The van der Waals surface area contributed by atoms with Gasteiger partial charge in [-0.3, -0.25) is 4.79 Å². The van der Waals surface area contributed by atoms with Crippen LogP contribution in [0.2, 0.25) is 0 Å². The van der Waals surface area contributed by atoms with Gasteiger partial charge in [-0.05, 0) is 76.4 Å². The van der Waals surface area contributed by atoms with Crippen molar-refractivity contribution in [2.24, 2.45) is 5.41 Å². The maximum Gasteiger partial charge on any atom is 0.178 e. The van der Waals surface area contributed by atoms with E-state index in [1.54, 1.807) is 11.3 Å². The van der Waals surface area contributed by atoms with Crippen LogP contribution in [0.1, 0.15) is 37.6 Å². The summed E-state index contributed by atoms with van der Waals surface area (Å²) in [6.07, 6.45) is 1.32. The summed E-state index contributed by atoms with van der Waals surface area (Å²) in [5.74, 6) is 0.170. The fourth-order valence-corrected chi connectivity index (χ4v) is 6.51. The highest BCUT2D eigenvalue weighted by Gasteiger charge is 2.43. The zero-order chi connectivity index (χ0) is 23.2. The van der Waals surface area contributed by atoms with Crippen LogP contribution in [0.5, 0.6) is 0 Å². The number of halogens is 1. The normalized spacial score (nSPS) is 19.3. The molecule has 4 nitrogen and oxygen atoms in total. The number of nitrogens with zero attached hydrogens (tertiary/aromatic N) is 1. The van der Waals surface area contributed by atoms with Crippen molar-refractivity contribution in [3.63, 3.8) is 0 Å². The summed E-state index contributed by atoms with van der Waals surface area (Å²) < 4.78 is 1.02. The van der Waals surface area contributed by atoms with E-state index in [2.05, 4.69) is 63.5 Å². The maximum absolute atomic E-state index is 13.7. The second kappa shape index (κ2) is 8.70. The number of allylic oxidation sites excluding steroid dienone is 1. The van der Waals surface area contributed by atoms with Crippen molar-refractivity contribution >= 4 is 67.4 Å². The highest BCUT2D eigenvalue weighted by atomic mass is 79.9. The van der Waals surface area contributed by atoms with E-state index in [1.165, 1.54) is 0 Å². The van der Waals surface area contributed by atoms with Gasteiger partial charge in [0.25, 0.3) is 0 Å². The fourth-order valence-electron chi connectivity index (χ4n) is 4.66. The number of ketones is 1. The molecule has 1 atom stereocenters. The number of carbonyl (C=O) groups excluding carboxylic acids is 1. The van der Waals surface area contributed by atoms with E-state index in [1.807, 2.05) is 48.5 Å². The van der Waals surface area contributed by atoms with Crippen LogP contribution in [-0.4, -0.2) is 10.9 Å². The largest absolute Gasteiger partial charge is 0.357 e. The number of hydrogen-bond acceptors (Lipinski definition) is 4. The number of nitrogens with one attached hydrogen (secondary N) is 2. The molecule has 0 unspecified atom stereocenters. The molecule has 2 aliphatic rings. The number of rotatable bonds is 2. The average Bonchev–Trinajstić information content (AvgIpc) is 3.13. The molecule has 0 amide bonds. The van der Waals surface area contributed by atoms with Crippen molar-refractivity contribution in [3.8, 4) is 0 Å². The average molecular weight is 539 g/mol. The first-order valence-electron chi connectivity index (χ1n) is 10.9. The first-order chi connectivity index (χ1) is 15.8. The van der Waals surface area contributed by atoms with Crippen molar-refractivity contribution in [3.05, 3.63) is 86.7 Å². The molecule has 5 rings (SSSR count). The number of thiophene rings is 1. The Kier molecular flexibility index (Phi) is 5.89. The van der Waals surface area contributed by atoms with Crippen molar-refractivity contribution in [1.82, 2.24) is 0 Å². The van der Waals surface area contributed by atoms with Crippen LogP contribution in [-0.2, 0) is 4.79 Å². The molecule has 0 saturated heterocycles. The minimum Gasteiger partial charge on any atom is -0.357 e. The minimum atomic E-state index is -0.320. The van der Waals surface area contributed by atoms with Gasteiger partial charge in [0.2, 0.25) is 0 Å². The number of anilines is 3. The Morgan fingerprint density at radius 1 is 1.09 bits per heavy atom. The molecule has 2 heterocycles. The third-order valence-electron chi connectivity index (χ3n) is 6.01. The first-order valence-corrected chi connectivity index (χ1v) is 12.9. The second-order valence-electron chi connectivity index (χ2n) is 9.19. The predicted molar refractivity (Wildman–Crippen MR) is 145 cm³/mol. The lowest BCUT2D eigenvalue weighted by atomic mass is 9.74. The molecule has 3 aromatic rings. The molecule has 1 aliphatic heterocycles. The van der Waals surface area contributed by atoms with Gasteiger partial charge >= 0.3 is 0 Å². The van der Waals surface area contributed by atoms with Gasteiger partial charge in [-0.15, -0.1) is 11.3 Å². The quantitative estimate of drug-likeness (QED) is 0.331. The van der Waals surface area contributed by atoms with Crippen LogP contribution >= 0.6 is 39.5 Å². The summed E-state index contributed by atoms with van der Waals surface area (Å²) in [6.45, 7) is 4.31. The van der Waals surface area contributed by atoms with Crippen molar-refractivity contribution < 1.29 is 4.79 Å². The van der Waals surface area contributed by atoms with Gasteiger partial charge in [0, 0.05) is 28.3 Å². The van der Waals surface area contributed by atoms with E-state index in [4.69, 9.17) is 12.2 Å². The molecular weight excluding hydrogens is 514 g/mol. The summed E-state index contributed by atoms with van der Waals surface area (Å²) in [5, 5.41) is 7.58. The Morgan fingerprint density at radius 2 is 1.82 bits per heavy atom. The Hall–Kier alpha value is -2.48. The zero-order valence-electron chi connectivity index (χ0n) is 18.4. The van der Waals surface area contributed by atoms with Gasteiger partial charge < -0.3 is 15.5 Å². The topological polar surface area (TPSA) is 44.4 Å². The third-order valence-corrected chi connectivity index (χ3v) is 7.98. The monoisotopic (exact) mass is 537 g/mol. The van der Waals surface area contributed by atoms with Crippen LogP contribution in [0.25, 0.3) is 0 Å². The second-order valence-corrected chi connectivity index (χ2v) is 12.1. The van der Waals surface area contributed by atoms with E-state index < -0.39 is 0 Å². The van der Waals surface area contributed by atoms with Gasteiger partial charge in [-0.1, -0.05) is 44.2 Å². The number of thiocarbonyl (C=S) groups is 1. The summed E-state index contributed by atoms with van der Waals surface area (Å²) >= 11 is 11.3. The van der Waals surface area contributed by atoms with E-state index >= 15 is 0 Å². The van der Waals surface area contributed by atoms with Gasteiger partial charge in [0.05, 0.1) is 15.2 Å². The van der Waals surface area contributed by atoms with E-state index in [0.29, 0.717) is 11.5 Å². The molecule has 2 N–H and O–H groups in total. The molecule has 0 fully saturated rings. The number of fused-ring (bicyclic) bond motifs is 1. The molecule has 7 heteroatoms. The van der Waals surface area contributed by atoms with Crippen LogP contribution in [0, 0.1) is 5.41 Å². The molecule has 33 heavy (non-hydrogen) atoms. The molecule has 0 bridgehead atoms. The third kappa shape index (κ3) is 4.37. The van der Waals surface area contributed by atoms with Gasteiger partial charge in [-0.2, -0.15) is 0 Å². The van der Waals surface area contributed by atoms with Crippen molar-refractivity contribution in [1.29, 1.82) is 0 Å². The standard InChI is InChI=1S/C26H24BrN3OS2/c1-26(2)14-18-23(20(31)15-26)24(21-12-13-22(27)33-21)30(19-11-7-6-10-17(19)29-18)25(32)28-16-8-4-3-5-9-16/h3-13,24,29H,14-15H2,1-2H3,(H,28,32)/t24-/m0/s1.